The highest BCUT2D eigenvalue weighted by Crippen LogP contribution is 2.11. The molecular formula is C18H23FN4O. The van der Waals surface area contributed by atoms with Gasteiger partial charge in [0.15, 0.2) is 5.96 Å². The molecule has 0 saturated carbocycles. The van der Waals surface area contributed by atoms with Crippen molar-refractivity contribution in [2.75, 3.05) is 19.6 Å². The van der Waals surface area contributed by atoms with Crippen LogP contribution in [0.3, 0.4) is 0 Å². The average Bonchev–Trinajstić information content (AvgIpc) is 2.61. The van der Waals surface area contributed by atoms with E-state index in [0.717, 1.165) is 5.56 Å². The van der Waals surface area contributed by atoms with Crippen molar-refractivity contribution in [3.63, 3.8) is 0 Å². The third-order valence-corrected chi connectivity index (χ3v) is 3.50. The molecule has 5 nitrogen and oxygen atoms in total. The molecule has 3 N–H and O–H groups in total. The van der Waals surface area contributed by atoms with Gasteiger partial charge >= 0.3 is 0 Å². The fourth-order valence-electron chi connectivity index (χ4n) is 2.23. The van der Waals surface area contributed by atoms with E-state index in [0.29, 0.717) is 31.0 Å². The van der Waals surface area contributed by atoms with Crippen molar-refractivity contribution in [3.8, 4) is 0 Å². The summed E-state index contributed by atoms with van der Waals surface area (Å²) < 4.78 is 13.6. The highest BCUT2D eigenvalue weighted by atomic mass is 19.1. The minimum atomic E-state index is -0.685. The van der Waals surface area contributed by atoms with Gasteiger partial charge in [0.05, 0.1) is 12.6 Å². The zero-order valence-corrected chi connectivity index (χ0v) is 13.7. The summed E-state index contributed by atoms with van der Waals surface area (Å²) in [6.45, 7) is 3.46. The van der Waals surface area contributed by atoms with Crippen LogP contribution in [0, 0.1) is 5.82 Å². The summed E-state index contributed by atoms with van der Waals surface area (Å²) >= 11 is 0. The molecule has 1 aromatic carbocycles. The Morgan fingerprint density at radius 3 is 2.67 bits per heavy atom. The van der Waals surface area contributed by atoms with E-state index in [1.807, 2.05) is 13.0 Å². The summed E-state index contributed by atoms with van der Waals surface area (Å²) in [5, 5.41) is 16.4. The van der Waals surface area contributed by atoms with E-state index in [2.05, 4.69) is 20.6 Å². The highest BCUT2D eigenvalue weighted by Gasteiger charge is 2.07. The number of pyridine rings is 1. The molecule has 0 bridgehead atoms. The maximum atomic E-state index is 13.6. The highest BCUT2D eigenvalue weighted by molar-refractivity contribution is 5.79. The molecular weight excluding hydrogens is 307 g/mol. The Hall–Kier alpha value is -2.47. The standard InChI is InChI=1S/C18H23FN4O/c1-2-21-18(22-12-9-14-5-3-4-6-16(14)19)23-13-17(24)15-7-10-20-11-8-15/h3-8,10-11,17,24H,2,9,12-13H2,1H3,(H2,21,22,23). The molecule has 0 aliphatic carbocycles. The predicted octanol–water partition coefficient (Wildman–Crippen LogP) is 2.05. The van der Waals surface area contributed by atoms with Crippen molar-refractivity contribution in [2.45, 2.75) is 19.4 Å². The summed E-state index contributed by atoms with van der Waals surface area (Å²) in [4.78, 5) is 8.30. The lowest BCUT2D eigenvalue weighted by Crippen LogP contribution is -2.38. The smallest absolute Gasteiger partial charge is 0.191 e. The maximum absolute atomic E-state index is 13.6. The van der Waals surface area contributed by atoms with Crippen LogP contribution < -0.4 is 10.6 Å². The molecule has 0 fully saturated rings. The number of rotatable bonds is 7. The van der Waals surface area contributed by atoms with Gasteiger partial charge in [0, 0.05) is 25.5 Å². The first-order valence-corrected chi connectivity index (χ1v) is 8.04. The molecule has 1 aromatic heterocycles. The molecule has 2 rings (SSSR count). The second-order valence-corrected chi connectivity index (χ2v) is 5.28. The number of benzene rings is 1. The number of hydrogen-bond donors (Lipinski definition) is 3. The Balaban J connectivity index is 1.87. The first-order chi connectivity index (χ1) is 11.7. The number of aromatic nitrogens is 1. The number of aliphatic hydroxyl groups excluding tert-OH is 1. The fraction of sp³-hybridized carbons (Fsp3) is 0.333. The Morgan fingerprint density at radius 2 is 1.96 bits per heavy atom. The van der Waals surface area contributed by atoms with Gasteiger partial charge in [0.2, 0.25) is 0 Å². The molecule has 24 heavy (non-hydrogen) atoms. The van der Waals surface area contributed by atoms with Crippen LogP contribution in [-0.4, -0.2) is 35.7 Å². The van der Waals surface area contributed by atoms with E-state index in [-0.39, 0.29) is 12.4 Å². The third-order valence-electron chi connectivity index (χ3n) is 3.50. The summed E-state index contributed by atoms with van der Waals surface area (Å²) in [6.07, 6.45) is 3.15. The predicted molar refractivity (Wildman–Crippen MR) is 93.3 cm³/mol. The van der Waals surface area contributed by atoms with Gasteiger partial charge in [-0.3, -0.25) is 9.98 Å². The number of aliphatic hydroxyl groups is 1. The van der Waals surface area contributed by atoms with Crippen molar-refractivity contribution in [3.05, 3.63) is 65.7 Å². The fourth-order valence-corrected chi connectivity index (χ4v) is 2.23. The summed E-state index contributed by atoms with van der Waals surface area (Å²) in [5.41, 5.74) is 1.44. The van der Waals surface area contributed by atoms with Crippen LogP contribution in [0.5, 0.6) is 0 Å². The lowest BCUT2D eigenvalue weighted by Gasteiger charge is -2.13. The second kappa shape index (κ2) is 9.62. The van der Waals surface area contributed by atoms with Gasteiger partial charge in [-0.2, -0.15) is 0 Å². The van der Waals surface area contributed by atoms with E-state index in [9.17, 15) is 9.50 Å². The van der Waals surface area contributed by atoms with Crippen molar-refractivity contribution < 1.29 is 9.50 Å². The van der Waals surface area contributed by atoms with Crippen molar-refractivity contribution in [1.82, 2.24) is 15.6 Å². The van der Waals surface area contributed by atoms with E-state index in [4.69, 9.17) is 0 Å². The van der Waals surface area contributed by atoms with Crippen LogP contribution in [0.15, 0.2) is 53.8 Å². The normalized spacial score (nSPS) is 12.7. The van der Waals surface area contributed by atoms with Crippen molar-refractivity contribution >= 4 is 5.96 Å². The summed E-state index contributed by atoms with van der Waals surface area (Å²) in [5.74, 6) is 0.399. The van der Waals surface area contributed by atoms with Crippen LogP contribution in [0.2, 0.25) is 0 Å². The quantitative estimate of drug-likeness (QED) is 0.537. The first-order valence-electron chi connectivity index (χ1n) is 8.04. The summed E-state index contributed by atoms with van der Waals surface area (Å²) in [6, 6.07) is 10.3. The molecule has 0 saturated heterocycles. The van der Waals surface area contributed by atoms with Gasteiger partial charge in [-0.1, -0.05) is 18.2 Å². The van der Waals surface area contributed by atoms with E-state index in [1.165, 1.54) is 6.07 Å². The molecule has 6 heteroatoms. The Morgan fingerprint density at radius 1 is 1.21 bits per heavy atom. The monoisotopic (exact) mass is 330 g/mol. The van der Waals surface area contributed by atoms with Crippen LogP contribution in [-0.2, 0) is 6.42 Å². The van der Waals surface area contributed by atoms with Crippen molar-refractivity contribution in [1.29, 1.82) is 0 Å². The number of nitrogens with one attached hydrogen (secondary N) is 2. The van der Waals surface area contributed by atoms with E-state index in [1.54, 1.807) is 36.7 Å². The van der Waals surface area contributed by atoms with Gasteiger partial charge < -0.3 is 15.7 Å². The number of halogens is 1. The van der Waals surface area contributed by atoms with Gasteiger partial charge in [0.1, 0.15) is 5.82 Å². The average molecular weight is 330 g/mol. The van der Waals surface area contributed by atoms with Crippen LogP contribution in [0.1, 0.15) is 24.2 Å². The molecule has 0 spiro atoms. The zero-order chi connectivity index (χ0) is 17.2. The number of nitrogens with zero attached hydrogens (tertiary/aromatic N) is 2. The van der Waals surface area contributed by atoms with Crippen LogP contribution in [0.25, 0.3) is 0 Å². The molecule has 1 heterocycles. The molecule has 1 unspecified atom stereocenters. The van der Waals surface area contributed by atoms with Gasteiger partial charge in [-0.05, 0) is 42.7 Å². The van der Waals surface area contributed by atoms with Gasteiger partial charge in [-0.25, -0.2) is 4.39 Å². The summed E-state index contributed by atoms with van der Waals surface area (Å²) in [7, 11) is 0. The number of hydrogen-bond acceptors (Lipinski definition) is 3. The van der Waals surface area contributed by atoms with E-state index >= 15 is 0 Å². The number of aliphatic imine (C=N–C) groups is 1. The molecule has 2 aromatic rings. The molecule has 1 atom stereocenters. The Bertz CT molecular complexity index is 648. The molecule has 0 aliphatic heterocycles. The lowest BCUT2D eigenvalue weighted by atomic mass is 10.1. The Labute approximate surface area is 141 Å². The molecule has 128 valence electrons. The second-order valence-electron chi connectivity index (χ2n) is 5.28. The van der Waals surface area contributed by atoms with Crippen LogP contribution >= 0.6 is 0 Å². The van der Waals surface area contributed by atoms with E-state index < -0.39 is 6.10 Å². The SMILES string of the molecule is CCNC(=NCC(O)c1ccncc1)NCCc1ccccc1F. The van der Waals surface area contributed by atoms with Crippen molar-refractivity contribution in [2.24, 2.45) is 4.99 Å². The van der Waals surface area contributed by atoms with Crippen LogP contribution in [0.4, 0.5) is 4.39 Å². The largest absolute Gasteiger partial charge is 0.386 e. The molecule has 0 amide bonds. The third kappa shape index (κ3) is 5.62. The lowest BCUT2D eigenvalue weighted by molar-refractivity contribution is 0.187. The molecule has 0 radical (unpaired) electrons. The topological polar surface area (TPSA) is 69.5 Å². The molecule has 0 aliphatic rings. The first kappa shape index (κ1) is 17.9. The minimum absolute atomic E-state index is 0.200. The van der Waals surface area contributed by atoms with Gasteiger partial charge in [0.25, 0.3) is 0 Å². The Kier molecular flexibility index (Phi) is 7.17. The number of guanidine groups is 1. The minimum Gasteiger partial charge on any atom is -0.386 e. The van der Waals surface area contributed by atoms with Gasteiger partial charge in [-0.15, -0.1) is 0 Å². The zero-order valence-electron chi connectivity index (χ0n) is 13.7. The maximum Gasteiger partial charge on any atom is 0.191 e.